The zero-order chi connectivity index (χ0) is 12.7. The largest absolute Gasteiger partial charge is 0.316 e. The minimum atomic E-state index is 0.622. The summed E-state index contributed by atoms with van der Waals surface area (Å²) in [4.78, 5) is 1.48. The summed E-state index contributed by atoms with van der Waals surface area (Å²) in [5.74, 6) is 0.806. The molecule has 1 N–H and O–H groups in total. The van der Waals surface area contributed by atoms with Crippen molar-refractivity contribution in [3.8, 4) is 0 Å². The van der Waals surface area contributed by atoms with Gasteiger partial charge in [0.15, 0.2) is 0 Å². The van der Waals surface area contributed by atoms with Gasteiger partial charge in [0.2, 0.25) is 0 Å². The summed E-state index contributed by atoms with van der Waals surface area (Å²) in [5.41, 5.74) is 0. The first kappa shape index (κ1) is 15.2. The fourth-order valence-electron chi connectivity index (χ4n) is 2.34. The molecule has 1 heterocycles. The Hall–Kier alpha value is 0.140. The Balaban J connectivity index is 2.56. The van der Waals surface area contributed by atoms with Crippen molar-refractivity contribution < 1.29 is 0 Å². The van der Waals surface area contributed by atoms with Crippen LogP contribution in [0.5, 0.6) is 0 Å². The normalized spacial score (nSPS) is 14.8. The van der Waals surface area contributed by atoms with E-state index in [0.29, 0.717) is 6.04 Å². The molecule has 0 aliphatic carbocycles. The van der Waals surface area contributed by atoms with E-state index in [1.807, 2.05) is 11.3 Å². The second-order valence-electron chi connectivity index (χ2n) is 4.62. The van der Waals surface area contributed by atoms with Crippen LogP contribution in [0, 0.1) is 5.92 Å². The molecule has 0 saturated carbocycles. The second-order valence-corrected chi connectivity index (χ2v) is 7.16. The van der Waals surface area contributed by atoms with Crippen LogP contribution in [0.2, 0.25) is 0 Å². The Morgan fingerprint density at radius 1 is 1.35 bits per heavy atom. The number of rotatable bonds is 8. The first-order chi connectivity index (χ1) is 8.21. The van der Waals surface area contributed by atoms with Crippen molar-refractivity contribution in [2.45, 2.75) is 52.0 Å². The van der Waals surface area contributed by atoms with E-state index in [0.717, 1.165) is 12.3 Å². The van der Waals surface area contributed by atoms with Gasteiger partial charge in [0.1, 0.15) is 0 Å². The quantitative estimate of drug-likeness (QED) is 0.722. The number of unbranched alkanes of at least 4 members (excludes halogenated alkanes) is 1. The first-order valence-electron chi connectivity index (χ1n) is 6.62. The highest BCUT2D eigenvalue weighted by atomic mass is 79.9. The number of likely N-dealkylation sites (N-methyl/N-ethyl adjacent to an activating group) is 1. The van der Waals surface area contributed by atoms with Crippen LogP contribution >= 0.6 is 27.3 Å². The fraction of sp³-hybridized carbons (Fsp3) is 0.714. The van der Waals surface area contributed by atoms with Crippen LogP contribution in [0.4, 0.5) is 0 Å². The molecule has 1 aromatic heterocycles. The molecule has 0 bridgehead atoms. The van der Waals surface area contributed by atoms with Crippen molar-refractivity contribution in [3.63, 3.8) is 0 Å². The Bertz CT molecular complexity index is 311. The summed E-state index contributed by atoms with van der Waals surface area (Å²) in [5, 5.41) is 3.51. The van der Waals surface area contributed by atoms with E-state index < -0.39 is 0 Å². The van der Waals surface area contributed by atoms with Gasteiger partial charge in [-0.2, -0.15) is 0 Å². The Kier molecular flexibility index (Phi) is 7.40. The van der Waals surface area contributed by atoms with E-state index in [1.54, 1.807) is 0 Å². The van der Waals surface area contributed by atoms with Crippen LogP contribution in [0.25, 0.3) is 0 Å². The van der Waals surface area contributed by atoms with E-state index in [9.17, 15) is 0 Å². The van der Waals surface area contributed by atoms with Crippen LogP contribution in [-0.4, -0.2) is 13.1 Å². The minimum absolute atomic E-state index is 0.622. The van der Waals surface area contributed by atoms with Gasteiger partial charge in [0.05, 0.1) is 3.79 Å². The van der Waals surface area contributed by atoms with E-state index in [4.69, 9.17) is 0 Å². The summed E-state index contributed by atoms with van der Waals surface area (Å²) in [6.07, 6.45) is 6.44. The maximum absolute atomic E-state index is 3.54. The highest BCUT2D eigenvalue weighted by molar-refractivity contribution is 9.11. The van der Waals surface area contributed by atoms with Crippen LogP contribution in [0.3, 0.4) is 0 Å². The fourth-order valence-corrected chi connectivity index (χ4v) is 3.88. The molecule has 0 aromatic carbocycles. The third-order valence-electron chi connectivity index (χ3n) is 3.44. The number of thiophene rings is 1. The molecule has 1 rings (SSSR count). The van der Waals surface area contributed by atoms with Crippen molar-refractivity contribution in [2.75, 3.05) is 7.05 Å². The lowest BCUT2D eigenvalue weighted by atomic mass is 9.89. The molecule has 0 aliphatic heterocycles. The van der Waals surface area contributed by atoms with Gasteiger partial charge in [0, 0.05) is 10.9 Å². The number of nitrogens with one attached hydrogen (secondary N) is 1. The molecule has 1 aromatic rings. The van der Waals surface area contributed by atoms with Gasteiger partial charge in [-0.3, -0.25) is 0 Å². The number of hydrogen-bond donors (Lipinski definition) is 1. The molecular weight excluding hydrogens is 294 g/mol. The van der Waals surface area contributed by atoms with Crippen molar-refractivity contribution in [1.82, 2.24) is 5.32 Å². The molecule has 2 unspecified atom stereocenters. The van der Waals surface area contributed by atoms with Crippen molar-refractivity contribution in [1.29, 1.82) is 0 Å². The van der Waals surface area contributed by atoms with Gasteiger partial charge in [0.25, 0.3) is 0 Å². The molecular formula is C14H24BrNS. The van der Waals surface area contributed by atoms with Gasteiger partial charge in [-0.25, -0.2) is 0 Å². The molecule has 0 amide bonds. The van der Waals surface area contributed by atoms with E-state index in [2.05, 4.69) is 54.3 Å². The lowest BCUT2D eigenvalue weighted by molar-refractivity contribution is 0.331. The first-order valence-corrected chi connectivity index (χ1v) is 8.23. The lowest BCUT2D eigenvalue weighted by Gasteiger charge is -2.25. The Labute approximate surface area is 118 Å². The van der Waals surface area contributed by atoms with Crippen LogP contribution in [-0.2, 0) is 6.42 Å². The Morgan fingerprint density at radius 2 is 2.12 bits per heavy atom. The molecule has 0 radical (unpaired) electrons. The van der Waals surface area contributed by atoms with Crippen molar-refractivity contribution >= 4 is 27.3 Å². The van der Waals surface area contributed by atoms with Gasteiger partial charge >= 0.3 is 0 Å². The monoisotopic (exact) mass is 317 g/mol. The predicted octanol–water partition coefficient (Wildman–Crippen LogP) is 4.86. The van der Waals surface area contributed by atoms with Gasteiger partial charge in [-0.15, -0.1) is 11.3 Å². The average molecular weight is 318 g/mol. The second kappa shape index (κ2) is 8.28. The van der Waals surface area contributed by atoms with E-state index in [1.165, 1.54) is 34.3 Å². The molecule has 1 nitrogen and oxygen atoms in total. The van der Waals surface area contributed by atoms with Gasteiger partial charge in [-0.1, -0.05) is 33.1 Å². The summed E-state index contributed by atoms with van der Waals surface area (Å²) < 4.78 is 1.24. The highest BCUT2D eigenvalue weighted by Gasteiger charge is 2.18. The Morgan fingerprint density at radius 3 is 2.59 bits per heavy atom. The molecule has 2 atom stereocenters. The average Bonchev–Trinajstić information content (AvgIpc) is 2.74. The predicted molar refractivity (Wildman–Crippen MR) is 81.9 cm³/mol. The summed E-state index contributed by atoms with van der Waals surface area (Å²) in [6, 6.07) is 5.02. The molecule has 0 spiro atoms. The molecule has 3 heteroatoms. The van der Waals surface area contributed by atoms with Crippen molar-refractivity contribution in [2.24, 2.45) is 5.92 Å². The molecule has 0 saturated heterocycles. The molecule has 0 fully saturated rings. The van der Waals surface area contributed by atoms with Crippen molar-refractivity contribution in [3.05, 3.63) is 20.8 Å². The molecule has 17 heavy (non-hydrogen) atoms. The summed E-state index contributed by atoms with van der Waals surface area (Å²) in [7, 11) is 2.10. The van der Waals surface area contributed by atoms with Gasteiger partial charge in [-0.05, 0) is 53.9 Å². The van der Waals surface area contributed by atoms with Crippen LogP contribution in [0.1, 0.15) is 44.4 Å². The summed E-state index contributed by atoms with van der Waals surface area (Å²) in [6.45, 7) is 4.59. The maximum Gasteiger partial charge on any atom is 0.0701 e. The third kappa shape index (κ3) is 5.11. The molecule has 98 valence electrons. The van der Waals surface area contributed by atoms with E-state index in [-0.39, 0.29) is 0 Å². The molecule has 0 aliphatic rings. The third-order valence-corrected chi connectivity index (χ3v) is 5.09. The standard InChI is InChI=1S/C14H24BrNS/c1-4-6-7-11(5-2)13(16-3)10-12-8-9-14(15)17-12/h8-9,11,13,16H,4-7,10H2,1-3H3. The van der Waals surface area contributed by atoms with Gasteiger partial charge < -0.3 is 5.32 Å². The number of hydrogen-bond acceptors (Lipinski definition) is 2. The summed E-state index contributed by atoms with van der Waals surface area (Å²) >= 11 is 5.40. The minimum Gasteiger partial charge on any atom is -0.316 e. The number of halogens is 1. The smallest absolute Gasteiger partial charge is 0.0701 e. The van der Waals surface area contributed by atoms with E-state index >= 15 is 0 Å². The zero-order valence-corrected chi connectivity index (χ0v) is 13.5. The van der Waals surface area contributed by atoms with Crippen LogP contribution in [0.15, 0.2) is 15.9 Å². The SMILES string of the molecule is CCCCC(CC)C(Cc1ccc(Br)s1)NC. The lowest BCUT2D eigenvalue weighted by Crippen LogP contribution is -2.35. The topological polar surface area (TPSA) is 12.0 Å². The highest BCUT2D eigenvalue weighted by Crippen LogP contribution is 2.26. The van der Waals surface area contributed by atoms with Crippen LogP contribution < -0.4 is 5.32 Å². The zero-order valence-electron chi connectivity index (χ0n) is 11.1. The maximum atomic E-state index is 3.54.